The SMILES string of the molecule is COc1cc2sc(C(=O)O)c(OCc3cccc4ccccc34)c2cc1OC. The van der Waals surface area contributed by atoms with Gasteiger partial charge in [-0.25, -0.2) is 4.79 Å². The molecule has 0 amide bonds. The van der Waals surface area contributed by atoms with Gasteiger partial charge >= 0.3 is 5.97 Å². The van der Waals surface area contributed by atoms with Gasteiger partial charge in [0.25, 0.3) is 0 Å². The van der Waals surface area contributed by atoms with Gasteiger partial charge in [0, 0.05) is 16.2 Å². The number of rotatable bonds is 6. The van der Waals surface area contributed by atoms with E-state index in [1.807, 2.05) is 42.5 Å². The minimum Gasteiger partial charge on any atom is -0.493 e. The van der Waals surface area contributed by atoms with E-state index >= 15 is 0 Å². The van der Waals surface area contributed by atoms with Crippen LogP contribution >= 0.6 is 11.3 Å². The summed E-state index contributed by atoms with van der Waals surface area (Å²) in [6.07, 6.45) is 0. The molecular weight excluding hydrogens is 376 g/mol. The van der Waals surface area contributed by atoms with Crippen molar-refractivity contribution in [2.45, 2.75) is 6.61 Å². The summed E-state index contributed by atoms with van der Waals surface area (Å²) in [4.78, 5) is 11.9. The topological polar surface area (TPSA) is 65.0 Å². The fraction of sp³-hybridized carbons (Fsp3) is 0.136. The van der Waals surface area contributed by atoms with Crippen LogP contribution in [-0.4, -0.2) is 25.3 Å². The number of carbonyl (C=O) groups is 1. The monoisotopic (exact) mass is 394 g/mol. The van der Waals surface area contributed by atoms with Crippen molar-refractivity contribution in [3.05, 3.63) is 65.0 Å². The molecule has 5 nitrogen and oxygen atoms in total. The second kappa shape index (κ2) is 7.40. The molecule has 4 rings (SSSR count). The highest BCUT2D eigenvalue weighted by Gasteiger charge is 2.22. The third kappa shape index (κ3) is 3.12. The molecule has 0 bridgehead atoms. The van der Waals surface area contributed by atoms with Crippen molar-refractivity contribution in [1.82, 2.24) is 0 Å². The molecule has 28 heavy (non-hydrogen) atoms. The number of carboxylic acid groups (broad SMARTS) is 1. The number of carboxylic acids is 1. The molecule has 0 saturated heterocycles. The Hall–Kier alpha value is -3.25. The van der Waals surface area contributed by atoms with Crippen LogP contribution in [0.3, 0.4) is 0 Å². The first kappa shape index (κ1) is 18.1. The van der Waals surface area contributed by atoms with Gasteiger partial charge in [-0.3, -0.25) is 0 Å². The summed E-state index contributed by atoms with van der Waals surface area (Å²) in [5, 5.41) is 12.5. The number of hydrogen-bond donors (Lipinski definition) is 1. The molecule has 0 aliphatic heterocycles. The standard InChI is InChI=1S/C22H18O5S/c1-25-17-10-16-19(11-18(17)26-2)28-21(22(23)24)20(16)27-12-14-8-5-7-13-6-3-4-9-15(13)14/h3-11H,12H2,1-2H3,(H,23,24). The Kier molecular flexibility index (Phi) is 4.79. The number of benzene rings is 3. The van der Waals surface area contributed by atoms with Crippen molar-refractivity contribution in [2.24, 2.45) is 0 Å². The van der Waals surface area contributed by atoms with Crippen molar-refractivity contribution in [2.75, 3.05) is 14.2 Å². The molecule has 6 heteroatoms. The molecule has 0 aliphatic rings. The molecule has 0 saturated carbocycles. The smallest absolute Gasteiger partial charge is 0.349 e. The number of ether oxygens (including phenoxy) is 3. The number of fused-ring (bicyclic) bond motifs is 2. The van der Waals surface area contributed by atoms with Crippen molar-refractivity contribution in [3.63, 3.8) is 0 Å². The highest BCUT2D eigenvalue weighted by atomic mass is 32.1. The van der Waals surface area contributed by atoms with Crippen LogP contribution in [0, 0.1) is 0 Å². The fourth-order valence-electron chi connectivity index (χ4n) is 3.25. The van der Waals surface area contributed by atoms with Crippen LogP contribution in [0.15, 0.2) is 54.6 Å². The summed E-state index contributed by atoms with van der Waals surface area (Å²) in [5.74, 6) is 0.405. The molecule has 3 aromatic carbocycles. The highest BCUT2D eigenvalue weighted by Crippen LogP contribution is 2.43. The van der Waals surface area contributed by atoms with Crippen LogP contribution in [-0.2, 0) is 6.61 Å². The Morgan fingerprint density at radius 2 is 1.68 bits per heavy atom. The second-order valence-corrected chi connectivity index (χ2v) is 7.25. The minimum absolute atomic E-state index is 0.158. The molecule has 1 N–H and O–H groups in total. The summed E-state index contributed by atoms with van der Waals surface area (Å²) < 4.78 is 17.5. The Balaban J connectivity index is 1.78. The normalized spacial score (nSPS) is 10.9. The number of methoxy groups -OCH3 is 2. The lowest BCUT2D eigenvalue weighted by Gasteiger charge is -2.11. The molecular formula is C22H18O5S. The zero-order valence-corrected chi connectivity index (χ0v) is 16.2. The molecule has 0 spiro atoms. The van der Waals surface area contributed by atoms with Crippen LogP contribution < -0.4 is 14.2 Å². The van der Waals surface area contributed by atoms with Crippen LogP contribution in [0.1, 0.15) is 15.2 Å². The summed E-state index contributed by atoms with van der Waals surface area (Å²) in [6.45, 7) is 0.266. The third-order valence-electron chi connectivity index (χ3n) is 4.59. The van der Waals surface area contributed by atoms with Crippen LogP contribution in [0.25, 0.3) is 20.9 Å². The summed E-state index contributed by atoms with van der Waals surface area (Å²) in [7, 11) is 3.10. The Bertz CT molecular complexity index is 1170. The fourth-order valence-corrected chi connectivity index (χ4v) is 4.25. The van der Waals surface area contributed by atoms with Gasteiger partial charge in [0.05, 0.1) is 14.2 Å². The van der Waals surface area contributed by atoms with Crippen molar-refractivity contribution >= 4 is 38.2 Å². The summed E-state index contributed by atoms with van der Waals surface area (Å²) in [5.41, 5.74) is 0.995. The lowest BCUT2D eigenvalue weighted by molar-refractivity contribution is 0.0698. The molecule has 1 heterocycles. The maximum absolute atomic E-state index is 11.8. The molecule has 0 fully saturated rings. The first-order valence-corrected chi connectivity index (χ1v) is 9.45. The van der Waals surface area contributed by atoms with Gasteiger partial charge in [-0.15, -0.1) is 11.3 Å². The van der Waals surface area contributed by atoms with Gasteiger partial charge in [0.1, 0.15) is 6.61 Å². The predicted octanol–water partition coefficient (Wildman–Crippen LogP) is 5.35. The Labute approximate surface area is 165 Å². The maximum atomic E-state index is 11.8. The molecule has 0 aliphatic carbocycles. The van der Waals surface area contributed by atoms with Crippen molar-refractivity contribution < 1.29 is 24.1 Å². The van der Waals surface area contributed by atoms with Crippen LogP contribution in [0.5, 0.6) is 17.2 Å². The van der Waals surface area contributed by atoms with Crippen LogP contribution in [0.4, 0.5) is 0 Å². The van der Waals surface area contributed by atoms with E-state index in [0.717, 1.165) is 32.4 Å². The van der Waals surface area contributed by atoms with Gasteiger partial charge in [0.2, 0.25) is 0 Å². The first-order chi connectivity index (χ1) is 13.6. The second-order valence-electron chi connectivity index (χ2n) is 6.20. The van der Waals surface area contributed by atoms with E-state index in [4.69, 9.17) is 14.2 Å². The van der Waals surface area contributed by atoms with E-state index in [9.17, 15) is 9.90 Å². The van der Waals surface area contributed by atoms with E-state index in [-0.39, 0.29) is 11.5 Å². The van der Waals surface area contributed by atoms with Gasteiger partial charge in [-0.2, -0.15) is 0 Å². The summed E-state index contributed by atoms with van der Waals surface area (Å²) in [6, 6.07) is 17.6. The van der Waals surface area contributed by atoms with Gasteiger partial charge in [-0.05, 0) is 22.4 Å². The Morgan fingerprint density at radius 3 is 2.43 bits per heavy atom. The van der Waals surface area contributed by atoms with Crippen molar-refractivity contribution in [3.8, 4) is 17.2 Å². The molecule has 142 valence electrons. The average molecular weight is 394 g/mol. The first-order valence-electron chi connectivity index (χ1n) is 8.63. The Morgan fingerprint density at radius 1 is 0.964 bits per heavy atom. The maximum Gasteiger partial charge on any atom is 0.349 e. The summed E-state index contributed by atoms with van der Waals surface area (Å²) >= 11 is 1.16. The molecule has 1 aromatic heterocycles. The number of hydrogen-bond acceptors (Lipinski definition) is 5. The van der Waals surface area contributed by atoms with E-state index < -0.39 is 5.97 Å². The number of thiophene rings is 1. The van der Waals surface area contributed by atoms with E-state index in [2.05, 4.69) is 0 Å². The molecule has 0 unspecified atom stereocenters. The highest BCUT2D eigenvalue weighted by molar-refractivity contribution is 7.21. The van der Waals surface area contributed by atoms with Gasteiger partial charge in [0.15, 0.2) is 22.1 Å². The number of aromatic carboxylic acids is 1. The lowest BCUT2D eigenvalue weighted by atomic mass is 10.1. The van der Waals surface area contributed by atoms with E-state index in [0.29, 0.717) is 22.6 Å². The lowest BCUT2D eigenvalue weighted by Crippen LogP contribution is -2.01. The molecule has 4 aromatic rings. The van der Waals surface area contributed by atoms with Gasteiger partial charge in [-0.1, -0.05) is 42.5 Å². The quantitative estimate of drug-likeness (QED) is 0.478. The largest absolute Gasteiger partial charge is 0.493 e. The van der Waals surface area contributed by atoms with Crippen molar-refractivity contribution in [1.29, 1.82) is 0 Å². The molecule has 0 radical (unpaired) electrons. The van der Waals surface area contributed by atoms with E-state index in [1.165, 1.54) is 0 Å². The van der Waals surface area contributed by atoms with E-state index in [1.54, 1.807) is 26.4 Å². The predicted molar refractivity (Wildman–Crippen MR) is 110 cm³/mol. The van der Waals surface area contributed by atoms with Crippen LogP contribution in [0.2, 0.25) is 0 Å². The third-order valence-corrected chi connectivity index (χ3v) is 5.72. The zero-order valence-electron chi connectivity index (χ0n) is 15.4. The minimum atomic E-state index is -1.02. The zero-order chi connectivity index (χ0) is 19.7. The van der Waals surface area contributed by atoms with Gasteiger partial charge < -0.3 is 19.3 Å². The molecule has 0 atom stereocenters. The average Bonchev–Trinajstić information content (AvgIpc) is 3.08.